The first-order valence-electron chi connectivity index (χ1n) is 6.57. The minimum Gasteiger partial charge on any atom is -0.335 e. The molecule has 104 valence electrons. The molecule has 0 aromatic heterocycles. The molecule has 20 heavy (non-hydrogen) atoms. The standard InChI is InChI=1S/C16H19N3O/c1-13(2)19(11-5-10-18)16(20)15-8-3-6-14(12-15)7-4-9-17/h3,6,8,12-13H,5,9,11,17H2,1-2H3. The van der Waals surface area contributed by atoms with Gasteiger partial charge >= 0.3 is 0 Å². The number of hydrogen-bond acceptors (Lipinski definition) is 3. The second-order valence-electron chi connectivity index (χ2n) is 4.59. The summed E-state index contributed by atoms with van der Waals surface area (Å²) in [7, 11) is 0. The van der Waals surface area contributed by atoms with Gasteiger partial charge in [0, 0.05) is 23.7 Å². The highest BCUT2D eigenvalue weighted by atomic mass is 16.2. The molecule has 1 aromatic carbocycles. The van der Waals surface area contributed by atoms with Crippen molar-refractivity contribution in [2.75, 3.05) is 13.1 Å². The van der Waals surface area contributed by atoms with Gasteiger partial charge in [0.25, 0.3) is 5.91 Å². The topological polar surface area (TPSA) is 70.1 Å². The number of rotatable bonds is 4. The Bertz CT molecular complexity index is 561. The van der Waals surface area contributed by atoms with Crippen molar-refractivity contribution in [2.24, 2.45) is 5.73 Å². The quantitative estimate of drug-likeness (QED) is 0.847. The third kappa shape index (κ3) is 4.42. The van der Waals surface area contributed by atoms with E-state index in [1.165, 1.54) is 0 Å². The molecule has 2 N–H and O–H groups in total. The fourth-order valence-corrected chi connectivity index (χ4v) is 1.81. The molecule has 4 nitrogen and oxygen atoms in total. The van der Waals surface area contributed by atoms with E-state index in [9.17, 15) is 4.79 Å². The monoisotopic (exact) mass is 269 g/mol. The Balaban J connectivity index is 2.97. The van der Waals surface area contributed by atoms with Gasteiger partial charge in [0.05, 0.1) is 19.0 Å². The normalized spacial score (nSPS) is 9.55. The summed E-state index contributed by atoms with van der Waals surface area (Å²) in [5.41, 5.74) is 6.69. The van der Waals surface area contributed by atoms with Crippen molar-refractivity contribution in [3.63, 3.8) is 0 Å². The van der Waals surface area contributed by atoms with Gasteiger partial charge < -0.3 is 10.6 Å². The Morgan fingerprint density at radius 3 is 2.80 bits per heavy atom. The second-order valence-corrected chi connectivity index (χ2v) is 4.59. The van der Waals surface area contributed by atoms with Crippen molar-refractivity contribution in [3.8, 4) is 17.9 Å². The number of benzene rings is 1. The molecule has 0 aliphatic rings. The number of carbonyl (C=O) groups is 1. The molecule has 0 fully saturated rings. The van der Waals surface area contributed by atoms with Crippen molar-refractivity contribution in [3.05, 3.63) is 35.4 Å². The van der Waals surface area contributed by atoms with E-state index in [4.69, 9.17) is 11.0 Å². The molecule has 0 spiro atoms. The van der Waals surface area contributed by atoms with Crippen LogP contribution >= 0.6 is 0 Å². The van der Waals surface area contributed by atoms with Gasteiger partial charge in [-0.15, -0.1) is 0 Å². The van der Waals surface area contributed by atoms with Crippen LogP contribution in [0, 0.1) is 23.2 Å². The molecule has 1 amide bonds. The van der Waals surface area contributed by atoms with Crippen LogP contribution in [0.15, 0.2) is 24.3 Å². The number of nitrogens with two attached hydrogens (primary N) is 1. The number of amides is 1. The van der Waals surface area contributed by atoms with Crippen molar-refractivity contribution in [1.82, 2.24) is 4.90 Å². The summed E-state index contributed by atoms with van der Waals surface area (Å²) < 4.78 is 0. The molecule has 1 rings (SSSR count). The first-order valence-corrected chi connectivity index (χ1v) is 6.57. The highest BCUT2D eigenvalue weighted by molar-refractivity contribution is 5.94. The molecule has 0 aliphatic heterocycles. The van der Waals surface area contributed by atoms with Gasteiger partial charge in [-0.2, -0.15) is 5.26 Å². The van der Waals surface area contributed by atoms with Gasteiger partial charge in [-0.25, -0.2) is 0 Å². The highest BCUT2D eigenvalue weighted by Crippen LogP contribution is 2.11. The van der Waals surface area contributed by atoms with Gasteiger partial charge in [-0.05, 0) is 32.0 Å². The van der Waals surface area contributed by atoms with Gasteiger partial charge in [0.2, 0.25) is 0 Å². The van der Waals surface area contributed by atoms with Crippen LogP contribution in [0.2, 0.25) is 0 Å². The van der Waals surface area contributed by atoms with Gasteiger partial charge in [0.15, 0.2) is 0 Å². The zero-order valence-electron chi connectivity index (χ0n) is 11.9. The lowest BCUT2D eigenvalue weighted by atomic mass is 10.1. The van der Waals surface area contributed by atoms with E-state index in [0.717, 1.165) is 5.56 Å². The van der Waals surface area contributed by atoms with E-state index in [1.807, 2.05) is 19.9 Å². The van der Waals surface area contributed by atoms with Crippen LogP contribution in [-0.4, -0.2) is 29.9 Å². The molecule has 0 aliphatic carbocycles. The van der Waals surface area contributed by atoms with Crippen LogP contribution in [0.1, 0.15) is 36.2 Å². The number of nitrogens with zero attached hydrogens (tertiary/aromatic N) is 2. The summed E-state index contributed by atoms with van der Waals surface area (Å²) in [5, 5.41) is 8.67. The van der Waals surface area contributed by atoms with E-state index in [0.29, 0.717) is 25.1 Å². The molecule has 0 atom stereocenters. The Kier molecular flexibility index (Phi) is 6.29. The molecule has 0 heterocycles. The van der Waals surface area contributed by atoms with Crippen LogP contribution in [0.5, 0.6) is 0 Å². The van der Waals surface area contributed by atoms with E-state index in [2.05, 4.69) is 17.9 Å². The molecular formula is C16H19N3O. The smallest absolute Gasteiger partial charge is 0.254 e. The van der Waals surface area contributed by atoms with Gasteiger partial charge in [-0.1, -0.05) is 17.9 Å². The number of carbonyl (C=O) groups excluding carboxylic acids is 1. The van der Waals surface area contributed by atoms with Crippen molar-refractivity contribution < 1.29 is 4.79 Å². The van der Waals surface area contributed by atoms with E-state index >= 15 is 0 Å². The van der Waals surface area contributed by atoms with Crippen LogP contribution in [0.3, 0.4) is 0 Å². The van der Waals surface area contributed by atoms with Crippen LogP contribution < -0.4 is 5.73 Å². The highest BCUT2D eigenvalue weighted by Gasteiger charge is 2.18. The first-order chi connectivity index (χ1) is 9.60. The Hall–Kier alpha value is -2.30. The van der Waals surface area contributed by atoms with Crippen LogP contribution in [-0.2, 0) is 0 Å². The molecular weight excluding hydrogens is 250 g/mol. The fraction of sp³-hybridized carbons (Fsp3) is 0.375. The molecule has 0 saturated heterocycles. The molecule has 1 aromatic rings. The predicted octanol–water partition coefficient (Wildman–Crippen LogP) is 1.76. The summed E-state index contributed by atoms with van der Waals surface area (Å²) >= 11 is 0. The lowest BCUT2D eigenvalue weighted by Gasteiger charge is -2.26. The molecule has 0 saturated carbocycles. The third-order valence-electron chi connectivity index (χ3n) is 2.79. The largest absolute Gasteiger partial charge is 0.335 e. The average Bonchev–Trinajstić information content (AvgIpc) is 2.45. The van der Waals surface area contributed by atoms with E-state index in [1.54, 1.807) is 23.1 Å². The molecule has 0 bridgehead atoms. The summed E-state index contributed by atoms with van der Waals surface area (Å²) in [4.78, 5) is 14.2. The Morgan fingerprint density at radius 2 is 2.20 bits per heavy atom. The maximum Gasteiger partial charge on any atom is 0.254 e. The molecule has 0 radical (unpaired) electrons. The van der Waals surface area contributed by atoms with Crippen LogP contribution in [0.4, 0.5) is 0 Å². The van der Waals surface area contributed by atoms with Crippen LogP contribution in [0.25, 0.3) is 0 Å². The summed E-state index contributed by atoms with van der Waals surface area (Å²) in [5.74, 6) is 5.60. The zero-order chi connectivity index (χ0) is 15.0. The maximum absolute atomic E-state index is 12.5. The Morgan fingerprint density at radius 1 is 1.45 bits per heavy atom. The Labute approximate surface area is 120 Å². The van der Waals surface area contributed by atoms with Crippen molar-refractivity contribution in [2.45, 2.75) is 26.3 Å². The van der Waals surface area contributed by atoms with Crippen molar-refractivity contribution in [1.29, 1.82) is 5.26 Å². The first kappa shape index (κ1) is 15.8. The zero-order valence-corrected chi connectivity index (χ0v) is 11.9. The summed E-state index contributed by atoms with van der Waals surface area (Å²) in [6, 6.07) is 9.28. The maximum atomic E-state index is 12.5. The number of hydrogen-bond donors (Lipinski definition) is 1. The summed E-state index contributed by atoms with van der Waals surface area (Å²) in [6.07, 6.45) is 0.330. The van der Waals surface area contributed by atoms with Gasteiger partial charge in [-0.3, -0.25) is 4.79 Å². The van der Waals surface area contributed by atoms with Gasteiger partial charge in [0.1, 0.15) is 0 Å². The summed E-state index contributed by atoms with van der Waals surface area (Å²) in [6.45, 7) is 4.60. The van der Waals surface area contributed by atoms with E-state index in [-0.39, 0.29) is 11.9 Å². The lowest BCUT2D eigenvalue weighted by molar-refractivity contribution is 0.0710. The lowest BCUT2D eigenvalue weighted by Crippen LogP contribution is -2.37. The second kappa shape index (κ2) is 7.99. The minimum absolute atomic E-state index is 0.0506. The van der Waals surface area contributed by atoms with E-state index < -0.39 is 0 Å². The minimum atomic E-state index is -0.0772. The predicted molar refractivity (Wildman–Crippen MR) is 78.8 cm³/mol. The molecule has 0 unspecified atom stereocenters. The van der Waals surface area contributed by atoms with Crippen molar-refractivity contribution >= 4 is 5.91 Å². The third-order valence-corrected chi connectivity index (χ3v) is 2.79. The SMILES string of the molecule is CC(C)N(CCC#N)C(=O)c1cccc(C#CCN)c1. The number of nitriles is 1. The molecule has 4 heteroatoms. The fourth-order valence-electron chi connectivity index (χ4n) is 1.81. The average molecular weight is 269 g/mol.